The second-order valence-electron chi connectivity index (χ2n) is 8.36. The van der Waals surface area contributed by atoms with Crippen molar-refractivity contribution in [2.45, 2.75) is 70.5 Å². The van der Waals surface area contributed by atoms with Gasteiger partial charge in [0.2, 0.25) is 5.91 Å². The molecule has 0 fully saturated rings. The lowest BCUT2D eigenvalue weighted by molar-refractivity contribution is -0.415. The predicted octanol–water partition coefficient (Wildman–Crippen LogP) is 0.798. The van der Waals surface area contributed by atoms with Crippen molar-refractivity contribution in [3.63, 3.8) is 0 Å². The third-order valence-electron chi connectivity index (χ3n) is 5.91. The number of hydrogen-bond donors (Lipinski definition) is 6. The monoisotopic (exact) mass is 465 g/mol. The lowest BCUT2D eigenvalue weighted by atomic mass is 9.92. The van der Waals surface area contributed by atoms with Crippen LogP contribution in [0.25, 0.3) is 0 Å². The molecule has 0 saturated heterocycles. The molecule has 0 aliphatic rings. The van der Waals surface area contributed by atoms with Gasteiger partial charge in [0, 0.05) is 25.1 Å². The number of benzene rings is 1. The Balaban J connectivity index is 2.98. The Morgan fingerprint density at radius 1 is 1.00 bits per heavy atom. The number of quaternary nitrogens is 1. The average molecular weight is 466 g/mol. The molecule has 33 heavy (non-hydrogen) atoms. The minimum atomic E-state index is -1.22. The predicted molar refractivity (Wildman–Crippen MR) is 124 cm³/mol. The zero-order chi connectivity index (χ0) is 25.1. The molecule has 0 radical (unpaired) electrons. The second kappa shape index (κ2) is 13.4. The van der Waals surface area contributed by atoms with E-state index >= 15 is 0 Å². The van der Waals surface area contributed by atoms with Crippen molar-refractivity contribution in [3.8, 4) is 0 Å². The number of carboxylic acid groups (broad SMARTS) is 2. The Hall–Kier alpha value is -3.14. The van der Waals surface area contributed by atoms with Crippen LogP contribution in [0.5, 0.6) is 0 Å². The van der Waals surface area contributed by atoms with E-state index in [1.165, 1.54) is 0 Å². The SMILES string of the molecule is CCC(C)C([NH3+])C(=O)NC(CCC(=O)O)C(=O)NC(CC(C)c1ccccc1NC)C(=O)O. The fraction of sp³-hybridized carbons (Fsp3) is 0.565. The third kappa shape index (κ3) is 8.72. The van der Waals surface area contributed by atoms with Crippen molar-refractivity contribution in [1.82, 2.24) is 10.6 Å². The van der Waals surface area contributed by atoms with Crippen molar-refractivity contribution in [2.75, 3.05) is 12.4 Å². The average Bonchev–Trinajstić information content (AvgIpc) is 2.79. The van der Waals surface area contributed by atoms with Crippen LogP contribution in [0.3, 0.4) is 0 Å². The van der Waals surface area contributed by atoms with Crippen molar-refractivity contribution in [1.29, 1.82) is 0 Å². The molecule has 8 N–H and O–H groups in total. The highest BCUT2D eigenvalue weighted by Gasteiger charge is 2.31. The fourth-order valence-corrected chi connectivity index (χ4v) is 3.49. The van der Waals surface area contributed by atoms with E-state index in [0.29, 0.717) is 6.42 Å². The van der Waals surface area contributed by atoms with Gasteiger partial charge in [-0.25, -0.2) is 4.79 Å². The highest BCUT2D eigenvalue weighted by molar-refractivity contribution is 5.91. The highest BCUT2D eigenvalue weighted by atomic mass is 16.4. The summed E-state index contributed by atoms with van der Waals surface area (Å²) in [5.41, 5.74) is 5.60. The number of rotatable bonds is 14. The molecule has 0 heterocycles. The molecule has 1 aromatic carbocycles. The van der Waals surface area contributed by atoms with Crippen LogP contribution in [-0.4, -0.2) is 59.1 Å². The van der Waals surface area contributed by atoms with Crippen molar-refractivity contribution in [2.24, 2.45) is 5.92 Å². The second-order valence-corrected chi connectivity index (χ2v) is 8.36. The van der Waals surface area contributed by atoms with E-state index in [-0.39, 0.29) is 31.1 Å². The number of aliphatic carboxylic acids is 2. The van der Waals surface area contributed by atoms with E-state index in [1.54, 1.807) is 7.05 Å². The number of anilines is 1. The summed E-state index contributed by atoms with van der Waals surface area (Å²) in [6, 6.07) is 4.47. The molecule has 5 unspecified atom stereocenters. The molecule has 10 heteroatoms. The first-order valence-corrected chi connectivity index (χ1v) is 11.2. The minimum Gasteiger partial charge on any atom is -0.481 e. The Bertz CT molecular complexity index is 831. The van der Waals surface area contributed by atoms with E-state index in [1.807, 2.05) is 45.0 Å². The van der Waals surface area contributed by atoms with Crippen LogP contribution in [0, 0.1) is 5.92 Å². The minimum absolute atomic E-state index is 0.0342. The van der Waals surface area contributed by atoms with E-state index in [4.69, 9.17) is 5.11 Å². The zero-order valence-electron chi connectivity index (χ0n) is 19.8. The molecule has 2 amide bonds. The maximum absolute atomic E-state index is 12.9. The van der Waals surface area contributed by atoms with Crippen LogP contribution < -0.4 is 21.7 Å². The number of para-hydroxylation sites is 1. The largest absolute Gasteiger partial charge is 0.481 e. The van der Waals surface area contributed by atoms with Crippen molar-refractivity contribution >= 4 is 29.4 Å². The lowest BCUT2D eigenvalue weighted by Crippen LogP contribution is -2.71. The van der Waals surface area contributed by atoms with Crippen molar-refractivity contribution < 1.29 is 35.1 Å². The van der Waals surface area contributed by atoms with Gasteiger partial charge in [0.25, 0.3) is 5.91 Å². The Kier molecular flexibility index (Phi) is 11.3. The molecular formula is C23H37N4O6+. The first kappa shape index (κ1) is 27.9. The number of hydrogen-bond acceptors (Lipinski definition) is 5. The van der Waals surface area contributed by atoms with Crippen LogP contribution >= 0.6 is 0 Å². The summed E-state index contributed by atoms with van der Waals surface area (Å²) in [6.45, 7) is 5.63. The number of nitrogens with one attached hydrogen (secondary N) is 3. The van der Waals surface area contributed by atoms with E-state index in [2.05, 4.69) is 21.7 Å². The summed E-state index contributed by atoms with van der Waals surface area (Å²) in [6.07, 6.45) is 0.308. The quantitative estimate of drug-likeness (QED) is 0.236. The molecule has 0 saturated carbocycles. The molecule has 0 aromatic heterocycles. The van der Waals surface area contributed by atoms with E-state index in [0.717, 1.165) is 11.3 Å². The van der Waals surface area contributed by atoms with Crippen LogP contribution in [0.1, 0.15) is 57.9 Å². The van der Waals surface area contributed by atoms with Gasteiger partial charge in [-0.1, -0.05) is 39.0 Å². The topological polar surface area (TPSA) is 172 Å². The molecular weight excluding hydrogens is 428 g/mol. The normalized spacial score (nSPS) is 15.4. The summed E-state index contributed by atoms with van der Waals surface area (Å²) < 4.78 is 0. The van der Waals surface area contributed by atoms with Gasteiger partial charge < -0.3 is 31.9 Å². The Labute approximate surface area is 194 Å². The zero-order valence-corrected chi connectivity index (χ0v) is 19.8. The Morgan fingerprint density at radius 2 is 1.61 bits per heavy atom. The molecule has 0 aliphatic carbocycles. The maximum atomic E-state index is 12.9. The molecule has 0 aliphatic heterocycles. The number of carbonyl (C=O) groups is 4. The number of amides is 2. The third-order valence-corrected chi connectivity index (χ3v) is 5.91. The van der Waals surface area contributed by atoms with E-state index < -0.39 is 41.9 Å². The van der Waals surface area contributed by atoms with Gasteiger partial charge in [0.1, 0.15) is 12.1 Å². The van der Waals surface area contributed by atoms with Crippen molar-refractivity contribution in [3.05, 3.63) is 29.8 Å². The standard InChI is InChI=1S/C23H36N4O6/c1-5-13(2)20(24)22(31)26-17(10-11-19(28)29)21(30)27-18(23(32)33)12-14(3)15-8-6-7-9-16(15)25-4/h6-9,13-14,17-18,20,25H,5,10-12,24H2,1-4H3,(H,26,31)(H,27,30)(H,28,29)(H,32,33)/p+1. The first-order valence-electron chi connectivity index (χ1n) is 11.2. The molecule has 184 valence electrons. The van der Waals surface area contributed by atoms with Gasteiger partial charge in [-0.3, -0.25) is 14.4 Å². The summed E-state index contributed by atoms with van der Waals surface area (Å²) in [7, 11) is 1.77. The molecule has 5 atom stereocenters. The molecule has 1 aromatic rings. The number of carboxylic acids is 2. The maximum Gasteiger partial charge on any atom is 0.326 e. The van der Waals surface area contributed by atoms with Gasteiger partial charge in [-0.05, 0) is 36.8 Å². The van der Waals surface area contributed by atoms with Gasteiger partial charge in [0.15, 0.2) is 6.04 Å². The van der Waals surface area contributed by atoms with Gasteiger partial charge >= 0.3 is 11.9 Å². The highest BCUT2D eigenvalue weighted by Crippen LogP contribution is 2.27. The summed E-state index contributed by atoms with van der Waals surface area (Å²) in [5, 5.41) is 26.8. The smallest absolute Gasteiger partial charge is 0.326 e. The summed E-state index contributed by atoms with van der Waals surface area (Å²) in [4.78, 5) is 48.3. The van der Waals surface area contributed by atoms with E-state index in [9.17, 15) is 24.3 Å². The molecule has 0 bridgehead atoms. The van der Waals surface area contributed by atoms with Gasteiger partial charge in [0.05, 0.1) is 0 Å². The molecule has 0 spiro atoms. The summed E-state index contributed by atoms with van der Waals surface area (Å²) >= 11 is 0. The summed E-state index contributed by atoms with van der Waals surface area (Å²) in [5.74, 6) is -3.78. The number of carbonyl (C=O) groups excluding carboxylic acids is 2. The first-order chi connectivity index (χ1) is 15.5. The lowest BCUT2D eigenvalue weighted by Gasteiger charge is -2.25. The fourth-order valence-electron chi connectivity index (χ4n) is 3.49. The van der Waals surface area contributed by atoms with Crippen LogP contribution in [-0.2, 0) is 19.2 Å². The van der Waals surface area contributed by atoms with Crippen LogP contribution in [0.15, 0.2) is 24.3 Å². The van der Waals surface area contributed by atoms with Gasteiger partial charge in [-0.15, -0.1) is 0 Å². The molecule has 1 rings (SSSR count). The van der Waals surface area contributed by atoms with Crippen LogP contribution in [0.2, 0.25) is 0 Å². The Morgan fingerprint density at radius 3 is 2.15 bits per heavy atom. The van der Waals surface area contributed by atoms with Crippen LogP contribution in [0.4, 0.5) is 5.69 Å². The van der Waals surface area contributed by atoms with Gasteiger partial charge in [-0.2, -0.15) is 0 Å². The molecule has 10 nitrogen and oxygen atoms in total.